The second kappa shape index (κ2) is 15.9. The van der Waals surface area contributed by atoms with Crippen molar-refractivity contribution in [2.45, 2.75) is 20.8 Å². The maximum atomic E-state index is 3.16. The van der Waals surface area contributed by atoms with Gasteiger partial charge in [0.05, 0.1) is 27.8 Å². The third kappa shape index (κ3) is 6.49. The van der Waals surface area contributed by atoms with Crippen LogP contribution in [0.5, 0.6) is 0 Å². The van der Waals surface area contributed by atoms with E-state index in [1.54, 1.807) is 0 Å². The largest absolute Gasteiger partial charge is 0.394 e. The first-order chi connectivity index (χ1) is 28.5. The Kier molecular flexibility index (Phi) is 10.2. The zero-order valence-electron chi connectivity index (χ0n) is 33.2. The molecule has 0 aliphatic rings. The van der Waals surface area contributed by atoms with E-state index in [9.17, 15) is 0 Å². The molecule has 0 spiro atoms. The van der Waals surface area contributed by atoms with Crippen molar-refractivity contribution in [3.8, 4) is 11.4 Å². The monoisotopic (exact) mass is 864 g/mol. The Morgan fingerprint density at radius 1 is 0.569 bits per heavy atom. The summed E-state index contributed by atoms with van der Waals surface area (Å²) in [5.41, 5.74) is 15.3. The third-order valence-corrected chi connectivity index (χ3v) is 12.0. The molecule has 9 rings (SSSR count). The summed E-state index contributed by atoms with van der Waals surface area (Å²) in [6.07, 6.45) is 4.12. The van der Waals surface area contributed by atoms with Gasteiger partial charge in [-0.05, 0) is 124 Å². The predicted molar refractivity (Wildman–Crippen MR) is 258 cm³/mol. The average Bonchev–Trinajstić information content (AvgIpc) is 3.79. The average molecular weight is 865 g/mol. The van der Waals surface area contributed by atoms with Crippen LogP contribution in [-0.2, 0) is 0 Å². The van der Waals surface area contributed by atoms with Gasteiger partial charge in [-0.3, -0.25) is 0 Å². The van der Waals surface area contributed by atoms with Gasteiger partial charge in [0.2, 0.25) is 0 Å². The summed E-state index contributed by atoms with van der Waals surface area (Å²) in [6, 6.07) is 61.9. The molecule has 7 aromatic carbocycles. The fraction of sp³-hybridized carbons (Fsp3) is 0.0943. The Labute approximate surface area is 354 Å². The van der Waals surface area contributed by atoms with E-state index in [1.807, 2.05) is 13.2 Å². The van der Waals surface area contributed by atoms with Crippen molar-refractivity contribution >= 4 is 88.8 Å². The maximum Gasteiger partial charge on any atom is 0.0788 e. The summed E-state index contributed by atoms with van der Waals surface area (Å²) in [5, 5.41) is 8.02. The van der Waals surface area contributed by atoms with Crippen LogP contribution in [0.2, 0.25) is 0 Å². The summed E-state index contributed by atoms with van der Waals surface area (Å²) >= 11 is 2.35. The lowest BCUT2D eigenvalue weighted by Gasteiger charge is -2.31. The summed E-state index contributed by atoms with van der Waals surface area (Å²) in [5.74, 6) is 0.327. The molecular formula is C53H45IN4. The molecule has 0 radical (unpaired) electrons. The number of nitrogens with zero attached hydrogens (tertiary/aromatic N) is 3. The molecule has 0 aliphatic carbocycles. The number of anilines is 2. The number of hydrogen-bond acceptors (Lipinski definition) is 2. The van der Waals surface area contributed by atoms with E-state index < -0.39 is 0 Å². The number of rotatable bonds is 10. The lowest BCUT2D eigenvalue weighted by Crippen LogP contribution is -2.18. The first-order valence-corrected chi connectivity index (χ1v) is 21.1. The first kappa shape index (κ1) is 37.3. The SMILES string of the molecule is CN/C=C\C(=C/I)c1ccc2c(c1)c1ccc3c4cc(/C(=C(/C)C(C)C)N(c5ccccc5)c5ccccc5)ccc4n(-c4ccccc4)c3c1n2-c1ccccc1. The molecule has 1 N–H and O–H groups in total. The Balaban J connectivity index is 1.40. The first-order valence-electron chi connectivity index (χ1n) is 19.9. The minimum absolute atomic E-state index is 0.327. The van der Waals surface area contributed by atoms with Crippen molar-refractivity contribution in [1.29, 1.82) is 0 Å². The molecule has 5 heteroatoms. The van der Waals surface area contributed by atoms with Gasteiger partial charge >= 0.3 is 0 Å². The second-order valence-corrected chi connectivity index (χ2v) is 15.7. The lowest BCUT2D eigenvalue weighted by molar-refractivity contribution is 0.769. The maximum absolute atomic E-state index is 3.16. The Morgan fingerprint density at radius 3 is 1.47 bits per heavy atom. The molecule has 0 saturated carbocycles. The summed E-state index contributed by atoms with van der Waals surface area (Å²) in [4.78, 5) is 2.43. The number of benzene rings is 7. The number of halogens is 1. The fourth-order valence-electron chi connectivity index (χ4n) is 8.36. The van der Waals surface area contributed by atoms with Crippen LogP contribution < -0.4 is 10.2 Å². The molecule has 0 aliphatic heterocycles. The Morgan fingerprint density at radius 2 is 1.02 bits per heavy atom. The van der Waals surface area contributed by atoms with E-state index in [2.05, 4.69) is 243 Å². The highest BCUT2D eigenvalue weighted by Crippen LogP contribution is 2.45. The minimum Gasteiger partial charge on any atom is -0.394 e. The minimum atomic E-state index is 0.327. The van der Waals surface area contributed by atoms with Crippen molar-refractivity contribution in [3.63, 3.8) is 0 Å². The molecule has 0 unspecified atom stereocenters. The number of aromatic nitrogens is 2. The highest BCUT2D eigenvalue weighted by molar-refractivity contribution is 14.1. The molecule has 0 amide bonds. The highest BCUT2D eigenvalue weighted by Gasteiger charge is 2.25. The molecule has 2 aromatic heterocycles. The molecule has 0 atom stereocenters. The van der Waals surface area contributed by atoms with Crippen LogP contribution in [-0.4, -0.2) is 16.2 Å². The number of fused-ring (bicyclic) bond motifs is 7. The van der Waals surface area contributed by atoms with Crippen LogP contribution >= 0.6 is 22.6 Å². The summed E-state index contributed by atoms with van der Waals surface area (Å²) < 4.78 is 7.09. The van der Waals surface area contributed by atoms with Crippen LogP contribution in [0, 0.1) is 5.92 Å². The van der Waals surface area contributed by atoms with E-state index in [-0.39, 0.29) is 0 Å². The number of allylic oxidation sites excluding steroid dienone is 3. The van der Waals surface area contributed by atoms with Gasteiger partial charge in [0.15, 0.2) is 0 Å². The van der Waals surface area contributed by atoms with Gasteiger partial charge in [-0.25, -0.2) is 0 Å². The lowest BCUT2D eigenvalue weighted by atomic mass is 9.95. The Hall–Kier alpha value is -6.31. The third-order valence-electron chi connectivity index (χ3n) is 11.3. The van der Waals surface area contributed by atoms with Crippen LogP contribution in [0.3, 0.4) is 0 Å². The molecule has 2 heterocycles. The van der Waals surface area contributed by atoms with Crippen molar-refractivity contribution in [2.75, 3.05) is 11.9 Å². The summed E-state index contributed by atoms with van der Waals surface area (Å²) in [6.45, 7) is 6.88. The van der Waals surface area contributed by atoms with E-state index >= 15 is 0 Å². The molecule has 4 nitrogen and oxygen atoms in total. The van der Waals surface area contributed by atoms with E-state index in [1.165, 1.54) is 66.0 Å². The van der Waals surface area contributed by atoms with Gasteiger partial charge < -0.3 is 19.4 Å². The molecule has 0 bridgehead atoms. The van der Waals surface area contributed by atoms with Gasteiger partial charge in [-0.1, -0.05) is 134 Å². The summed E-state index contributed by atoms with van der Waals surface area (Å²) in [7, 11) is 1.93. The fourth-order valence-corrected chi connectivity index (χ4v) is 8.92. The molecule has 9 aromatic rings. The van der Waals surface area contributed by atoms with Crippen LogP contribution in [0.4, 0.5) is 11.4 Å². The second-order valence-electron chi connectivity index (χ2n) is 15.0. The molecular weight excluding hydrogens is 820 g/mol. The molecule has 0 fully saturated rings. The smallest absolute Gasteiger partial charge is 0.0788 e. The van der Waals surface area contributed by atoms with Crippen molar-refractivity contribution in [2.24, 2.45) is 5.92 Å². The van der Waals surface area contributed by atoms with Crippen molar-refractivity contribution in [1.82, 2.24) is 14.5 Å². The van der Waals surface area contributed by atoms with Gasteiger partial charge in [0, 0.05) is 51.3 Å². The zero-order chi connectivity index (χ0) is 39.8. The molecule has 0 saturated heterocycles. The standard InChI is InChI=1S/C53H45IN4/c1-36(2)37(3)51(56(41-17-9-5-10-18-41)42-19-11-6-12-20-42)39-26-30-50-48(34-39)46-28-27-45-47-33-38(40(35-54)31-32-55-4)25-29-49(47)57(43-21-13-7-14-22-43)52(45)53(46)58(50)44-23-15-8-16-24-44/h5-36,55H,1-4H3/b32-31-,40-35+,51-37+. The number of nitrogens with one attached hydrogen (secondary N) is 1. The predicted octanol–water partition coefficient (Wildman–Crippen LogP) is 14.6. The van der Waals surface area contributed by atoms with Crippen molar-refractivity contribution < 1.29 is 0 Å². The van der Waals surface area contributed by atoms with E-state index in [0.717, 1.165) is 28.3 Å². The van der Waals surface area contributed by atoms with Gasteiger partial charge in [-0.15, -0.1) is 0 Å². The normalized spacial score (nSPS) is 12.7. The van der Waals surface area contributed by atoms with Crippen LogP contribution in [0.15, 0.2) is 192 Å². The highest BCUT2D eigenvalue weighted by atomic mass is 127. The quantitative estimate of drug-likeness (QED) is 0.109. The zero-order valence-corrected chi connectivity index (χ0v) is 35.4. The Bertz CT molecular complexity index is 2970. The van der Waals surface area contributed by atoms with Crippen molar-refractivity contribution in [3.05, 3.63) is 203 Å². The topological polar surface area (TPSA) is 25.1 Å². The van der Waals surface area contributed by atoms with E-state index in [4.69, 9.17) is 0 Å². The van der Waals surface area contributed by atoms with Gasteiger partial charge in [-0.2, -0.15) is 0 Å². The van der Waals surface area contributed by atoms with Gasteiger partial charge in [0.25, 0.3) is 0 Å². The van der Waals surface area contributed by atoms with Crippen LogP contribution in [0.25, 0.3) is 66.3 Å². The molecule has 58 heavy (non-hydrogen) atoms. The molecule has 284 valence electrons. The number of hydrogen-bond donors (Lipinski definition) is 1. The van der Waals surface area contributed by atoms with Crippen LogP contribution in [0.1, 0.15) is 31.9 Å². The number of para-hydroxylation sites is 4. The van der Waals surface area contributed by atoms with Gasteiger partial charge in [0.1, 0.15) is 0 Å². The van der Waals surface area contributed by atoms with E-state index in [0.29, 0.717) is 5.92 Å².